The molecule has 0 aliphatic carbocycles. The van der Waals surface area contributed by atoms with Crippen LogP contribution in [0.5, 0.6) is 0 Å². The lowest BCUT2D eigenvalue weighted by atomic mass is 10.1. The first kappa shape index (κ1) is 18.3. The molecule has 0 bridgehead atoms. The van der Waals surface area contributed by atoms with E-state index in [1.807, 2.05) is 24.3 Å². The third kappa shape index (κ3) is 3.43. The molecule has 1 fully saturated rings. The van der Waals surface area contributed by atoms with Crippen molar-refractivity contribution in [1.82, 2.24) is 15.1 Å². The highest BCUT2D eigenvalue weighted by Gasteiger charge is 2.33. The van der Waals surface area contributed by atoms with Gasteiger partial charge in [0.05, 0.1) is 5.56 Å². The second kappa shape index (κ2) is 7.15. The minimum absolute atomic E-state index is 0.0189. The van der Waals surface area contributed by atoms with Crippen molar-refractivity contribution in [2.75, 3.05) is 5.43 Å². The van der Waals surface area contributed by atoms with Crippen molar-refractivity contribution in [3.05, 3.63) is 59.7 Å². The van der Waals surface area contributed by atoms with E-state index < -0.39 is 23.7 Å². The molecular formula is C19H16N5O5+. The Labute approximate surface area is 164 Å². The van der Waals surface area contributed by atoms with Crippen molar-refractivity contribution in [2.24, 2.45) is 7.05 Å². The van der Waals surface area contributed by atoms with Gasteiger partial charge in [0.1, 0.15) is 12.3 Å². The van der Waals surface area contributed by atoms with Crippen molar-refractivity contribution < 1.29 is 28.7 Å². The van der Waals surface area contributed by atoms with Gasteiger partial charge in [-0.25, -0.2) is 4.79 Å². The maximum atomic E-state index is 12.5. The third-order valence-corrected chi connectivity index (χ3v) is 4.45. The fourth-order valence-corrected chi connectivity index (χ4v) is 2.94. The zero-order valence-electron chi connectivity index (χ0n) is 15.4. The second-order valence-corrected chi connectivity index (χ2v) is 6.39. The summed E-state index contributed by atoms with van der Waals surface area (Å²) < 4.78 is 1.63. The molecule has 0 unspecified atom stereocenters. The molecule has 146 valence electrons. The van der Waals surface area contributed by atoms with Crippen LogP contribution in [0.1, 0.15) is 33.6 Å². The second-order valence-electron chi connectivity index (χ2n) is 6.39. The van der Waals surface area contributed by atoms with Crippen LogP contribution in [0.25, 0.3) is 11.0 Å². The Bertz CT molecular complexity index is 1140. The first-order valence-electron chi connectivity index (χ1n) is 8.77. The normalized spacial score (nSPS) is 13.8. The number of carbonyl (C=O) groups excluding carboxylic acids is 4. The zero-order chi connectivity index (χ0) is 20.5. The van der Waals surface area contributed by atoms with Gasteiger partial charge in [-0.1, -0.05) is 12.1 Å². The number of amides is 3. The fraction of sp³-hybridized carbons (Fsp3) is 0.158. The molecule has 0 radical (unpaired) electrons. The maximum Gasteiger partial charge on any atom is 0.363 e. The third-order valence-electron chi connectivity index (χ3n) is 4.45. The van der Waals surface area contributed by atoms with Gasteiger partial charge < -0.3 is 4.84 Å². The molecule has 1 aromatic heterocycles. The van der Waals surface area contributed by atoms with Crippen LogP contribution in [0.15, 0.2) is 48.5 Å². The number of aromatic nitrogens is 3. The molecule has 3 amide bonds. The summed E-state index contributed by atoms with van der Waals surface area (Å²) in [5.41, 5.74) is 4.63. The van der Waals surface area contributed by atoms with Crippen LogP contribution in [0.3, 0.4) is 0 Å². The lowest BCUT2D eigenvalue weighted by Gasteiger charge is -2.12. The van der Waals surface area contributed by atoms with Crippen LogP contribution >= 0.6 is 0 Å². The van der Waals surface area contributed by atoms with Crippen LogP contribution in [0, 0.1) is 0 Å². The standard InChI is InChI=1S/C19H15N5O5/c1-22-14-4-2-3-5-15(14)24(21-22)20-18(27)12-6-8-13(9-7-12)19(28)29-23-16(25)10-11-17(23)26/h2-9H,10-11H2,1H3/p+1. The predicted octanol–water partition coefficient (Wildman–Crippen LogP) is 0.465. The van der Waals surface area contributed by atoms with Crippen molar-refractivity contribution in [3.63, 3.8) is 0 Å². The van der Waals surface area contributed by atoms with E-state index in [4.69, 9.17) is 4.84 Å². The number of benzene rings is 2. The Balaban J connectivity index is 1.47. The molecular weight excluding hydrogens is 378 g/mol. The maximum absolute atomic E-state index is 12.5. The summed E-state index contributed by atoms with van der Waals surface area (Å²) in [6.45, 7) is 0. The number of nitrogens with zero attached hydrogens (tertiary/aromatic N) is 4. The number of aryl methyl sites for hydroxylation is 1. The molecule has 0 saturated carbocycles. The van der Waals surface area contributed by atoms with Gasteiger partial charge in [0, 0.05) is 18.4 Å². The summed E-state index contributed by atoms with van der Waals surface area (Å²) in [6.07, 6.45) is 0.0379. The number of hydrogen-bond donors (Lipinski definition) is 1. The van der Waals surface area contributed by atoms with E-state index in [-0.39, 0.29) is 24.0 Å². The van der Waals surface area contributed by atoms with Crippen LogP contribution in [-0.4, -0.2) is 38.8 Å². The number of para-hydroxylation sites is 2. The minimum Gasteiger partial charge on any atom is -0.325 e. The smallest absolute Gasteiger partial charge is 0.325 e. The van der Waals surface area contributed by atoms with Crippen LogP contribution < -0.4 is 10.1 Å². The summed E-state index contributed by atoms with van der Waals surface area (Å²) in [5.74, 6) is -2.40. The number of hydroxylamine groups is 2. The average Bonchev–Trinajstić information content (AvgIpc) is 3.22. The Morgan fingerprint density at radius 2 is 1.62 bits per heavy atom. The van der Waals surface area contributed by atoms with Gasteiger partial charge in [0.2, 0.25) is 11.0 Å². The molecule has 0 atom stereocenters. The predicted molar refractivity (Wildman–Crippen MR) is 97.5 cm³/mol. The molecule has 3 aromatic rings. The first-order chi connectivity index (χ1) is 13.9. The van der Waals surface area contributed by atoms with E-state index >= 15 is 0 Å². The van der Waals surface area contributed by atoms with E-state index in [9.17, 15) is 19.2 Å². The number of nitrogens with one attached hydrogen (secondary N) is 1. The highest BCUT2D eigenvalue weighted by molar-refractivity contribution is 6.03. The quantitative estimate of drug-likeness (QED) is 0.508. The van der Waals surface area contributed by atoms with Gasteiger partial charge in [-0.15, -0.1) is 9.75 Å². The van der Waals surface area contributed by atoms with E-state index in [0.717, 1.165) is 11.0 Å². The van der Waals surface area contributed by atoms with Crippen LogP contribution in [0.4, 0.5) is 0 Å². The number of hydrogen-bond acceptors (Lipinski definition) is 6. The number of imide groups is 1. The summed E-state index contributed by atoms with van der Waals surface area (Å²) in [6, 6.07) is 13.0. The van der Waals surface area contributed by atoms with E-state index in [1.165, 1.54) is 29.1 Å². The van der Waals surface area contributed by atoms with Crippen molar-refractivity contribution in [3.8, 4) is 0 Å². The lowest BCUT2D eigenvalue weighted by molar-refractivity contribution is -0.708. The Kier molecular flexibility index (Phi) is 4.51. The molecule has 10 heteroatoms. The Hall–Kier alpha value is -4.08. The molecule has 1 N–H and O–H groups in total. The van der Waals surface area contributed by atoms with Crippen molar-refractivity contribution >= 4 is 34.7 Å². The molecule has 2 heterocycles. The first-order valence-corrected chi connectivity index (χ1v) is 8.77. The minimum atomic E-state index is -0.856. The number of carbonyl (C=O) groups is 4. The largest absolute Gasteiger partial charge is 0.363 e. The zero-order valence-corrected chi connectivity index (χ0v) is 15.4. The van der Waals surface area contributed by atoms with E-state index in [2.05, 4.69) is 10.6 Å². The summed E-state index contributed by atoms with van der Waals surface area (Å²) >= 11 is 0. The van der Waals surface area contributed by atoms with E-state index in [0.29, 0.717) is 5.06 Å². The highest BCUT2D eigenvalue weighted by Crippen LogP contribution is 2.15. The molecule has 2 aromatic carbocycles. The monoisotopic (exact) mass is 394 g/mol. The summed E-state index contributed by atoms with van der Waals surface area (Å²) in [4.78, 5) is 53.9. The van der Waals surface area contributed by atoms with Crippen LogP contribution in [0.2, 0.25) is 0 Å². The fourth-order valence-electron chi connectivity index (χ4n) is 2.94. The van der Waals surface area contributed by atoms with Crippen molar-refractivity contribution in [2.45, 2.75) is 12.8 Å². The van der Waals surface area contributed by atoms with E-state index in [1.54, 1.807) is 11.7 Å². The number of fused-ring (bicyclic) bond motifs is 1. The van der Waals surface area contributed by atoms with Crippen LogP contribution in [-0.2, 0) is 21.5 Å². The Morgan fingerprint density at radius 3 is 2.31 bits per heavy atom. The van der Waals surface area contributed by atoms with Gasteiger partial charge in [0.25, 0.3) is 17.7 Å². The Morgan fingerprint density at radius 1 is 1.00 bits per heavy atom. The van der Waals surface area contributed by atoms with Gasteiger partial charge in [-0.2, -0.15) is 5.43 Å². The molecule has 1 aliphatic rings. The van der Waals surface area contributed by atoms with Gasteiger partial charge >= 0.3 is 5.97 Å². The van der Waals surface area contributed by atoms with Crippen molar-refractivity contribution in [1.29, 1.82) is 0 Å². The highest BCUT2D eigenvalue weighted by atomic mass is 16.7. The number of rotatable bonds is 4. The molecule has 1 saturated heterocycles. The molecule has 29 heavy (non-hydrogen) atoms. The lowest BCUT2D eigenvalue weighted by Crippen LogP contribution is -2.34. The topological polar surface area (TPSA) is 114 Å². The molecule has 4 rings (SSSR count). The van der Waals surface area contributed by atoms with Gasteiger partial charge in [0.15, 0.2) is 0 Å². The SMILES string of the molecule is C[n+]1nn(NC(=O)c2ccc(C(=O)ON3C(=O)CCC3=O)cc2)c2ccccc21. The summed E-state index contributed by atoms with van der Waals surface area (Å²) in [7, 11) is 1.77. The summed E-state index contributed by atoms with van der Waals surface area (Å²) in [5, 5.41) is 4.71. The van der Waals surface area contributed by atoms with Gasteiger partial charge in [-0.05, 0) is 41.2 Å². The average molecular weight is 394 g/mol. The van der Waals surface area contributed by atoms with Gasteiger partial charge in [-0.3, -0.25) is 14.4 Å². The molecule has 0 spiro atoms. The molecule has 1 aliphatic heterocycles. The molecule has 10 nitrogen and oxygen atoms in total.